The summed E-state index contributed by atoms with van der Waals surface area (Å²) in [5.41, 5.74) is 7.18. The highest BCUT2D eigenvalue weighted by molar-refractivity contribution is 5.55. The molecule has 2 nitrogen and oxygen atoms in total. The van der Waals surface area contributed by atoms with Crippen molar-refractivity contribution in [1.82, 2.24) is 5.32 Å². The van der Waals surface area contributed by atoms with Gasteiger partial charge in [-0.1, -0.05) is 36.4 Å². The quantitative estimate of drug-likeness (QED) is 0.824. The first-order valence-corrected chi connectivity index (χ1v) is 7.57. The largest absolute Gasteiger partial charge is 0.378 e. The Morgan fingerprint density at radius 3 is 2.85 bits per heavy atom. The van der Waals surface area contributed by atoms with E-state index in [-0.39, 0.29) is 0 Å². The first-order chi connectivity index (χ1) is 9.90. The van der Waals surface area contributed by atoms with Gasteiger partial charge in [-0.15, -0.1) is 0 Å². The molecule has 2 aliphatic rings. The summed E-state index contributed by atoms with van der Waals surface area (Å²) in [4.78, 5) is 0. The summed E-state index contributed by atoms with van der Waals surface area (Å²) in [6.07, 6.45) is 3.52. The van der Waals surface area contributed by atoms with E-state index in [1.807, 2.05) is 0 Å². The van der Waals surface area contributed by atoms with Crippen LogP contribution in [0.4, 0.5) is 5.69 Å². The summed E-state index contributed by atoms with van der Waals surface area (Å²) in [5.74, 6) is 0. The standard InChI is InChI=1S/C18H20N2/c1-2-4-17-14(3-1)7-8-18(20-17)15-6-5-13-9-10-19-12-16(13)11-15/h1-6,11,18-20H,7-10,12H2. The summed E-state index contributed by atoms with van der Waals surface area (Å²) >= 11 is 0. The van der Waals surface area contributed by atoms with Crippen LogP contribution >= 0.6 is 0 Å². The second-order valence-corrected chi connectivity index (χ2v) is 5.85. The van der Waals surface area contributed by atoms with Crippen molar-refractivity contribution in [2.45, 2.75) is 31.8 Å². The van der Waals surface area contributed by atoms with Crippen LogP contribution in [0.1, 0.15) is 34.7 Å². The molecule has 1 atom stereocenters. The van der Waals surface area contributed by atoms with E-state index >= 15 is 0 Å². The number of para-hydroxylation sites is 1. The van der Waals surface area contributed by atoms with Gasteiger partial charge in [0.15, 0.2) is 0 Å². The highest BCUT2D eigenvalue weighted by atomic mass is 14.9. The fraction of sp³-hybridized carbons (Fsp3) is 0.333. The van der Waals surface area contributed by atoms with Crippen molar-refractivity contribution >= 4 is 5.69 Å². The third kappa shape index (κ3) is 2.10. The third-order valence-electron chi connectivity index (χ3n) is 4.57. The number of benzene rings is 2. The van der Waals surface area contributed by atoms with Gasteiger partial charge in [-0.2, -0.15) is 0 Å². The molecule has 0 radical (unpaired) electrons. The number of nitrogens with one attached hydrogen (secondary N) is 2. The van der Waals surface area contributed by atoms with Crippen LogP contribution in [-0.4, -0.2) is 6.54 Å². The zero-order valence-corrected chi connectivity index (χ0v) is 11.7. The topological polar surface area (TPSA) is 24.1 Å². The number of aryl methyl sites for hydroxylation is 1. The van der Waals surface area contributed by atoms with E-state index in [1.54, 1.807) is 0 Å². The smallest absolute Gasteiger partial charge is 0.0517 e. The molecule has 0 spiro atoms. The normalized spacial score (nSPS) is 20.7. The Morgan fingerprint density at radius 1 is 0.900 bits per heavy atom. The molecule has 2 heteroatoms. The molecule has 0 saturated heterocycles. The summed E-state index contributed by atoms with van der Waals surface area (Å²) in [5, 5.41) is 7.17. The predicted molar refractivity (Wildman–Crippen MR) is 83.0 cm³/mol. The summed E-state index contributed by atoms with van der Waals surface area (Å²) in [6.45, 7) is 2.13. The average molecular weight is 264 g/mol. The number of rotatable bonds is 1. The highest BCUT2D eigenvalue weighted by Gasteiger charge is 2.20. The Hall–Kier alpha value is -1.80. The van der Waals surface area contributed by atoms with Gasteiger partial charge in [0, 0.05) is 12.2 Å². The van der Waals surface area contributed by atoms with Crippen molar-refractivity contribution in [2.75, 3.05) is 11.9 Å². The van der Waals surface area contributed by atoms with E-state index < -0.39 is 0 Å². The van der Waals surface area contributed by atoms with Crippen LogP contribution in [-0.2, 0) is 19.4 Å². The third-order valence-corrected chi connectivity index (χ3v) is 4.57. The summed E-state index contributed by atoms with van der Waals surface area (Å²) in [6, 6.07) is 16.2. The lowest BCUT2D eigenvalue weighted by molar-refractivity contribution is 0.634. The van der Waals surface area contributed by atoms with Crippen molar-refractivity contribution in [3.05, 3.63) is 64.7 Å². The maximum atomic E-state index is 3.70. The molecule has 2 aromatic rings. The highest BCUT2D eigenvalue weighted by Crippen LogP contribution is 2.33. The van der Waals surface area contributed by atoms with Crippen LogP contribution in [0.25, 0.3) is 0 Å². The van der Waals surface area contributed by atoms with Gasteiger partial charge in [-0.05, 0) is 54.1 Å². The maximum Gasteiger partial charge on any atom is 0.0517 e. The Bertz CT molecular complexity index is 633. The maximum absolute atomic E-state index is 3.70. The second-order valence-electron chi connectivity index (χ2n) is 5.85. The number of anilines is 1. The molecular formula is C18H20N2. The van der Waals surface area contributed by atoms with Crippen molar-refractivity contribution in [3.63, 3.8) is 0 Å². The van der Waals surface area contributed by atoms with Crippen LogP contribution in [0.5, 0.6) is 0 Å². The first-order valence-electron chi connectivity index (χ1n) is 7.57. The molecule has 20 heavy (non-hydrogen) atoms. The Morgan fingerprint density at radius 2 is 1.85 bits per heavy atom. The van der Waals surface area contributed by atoms with E-state index in [4.69, 9.17) is 0 Å². The van der Waals surface area contributed by atoms with Gasteiger partial charge in [-0.25, -0.2) is 0 Å². The molecule has 0 saturated carbocycles. The van der Waals surface area contributed by atoms with Gasteiger partial charge in [0.1, 0.15) is 0 Å². The van der Waals surface area contributed by atoms with Gasteiger partial charge >= 0.3 is 0 Å². The van der Waals surface area contributed by atoms with E-state index in [2.05, 4.69) is 53.1 Å². The van der Waals surface area contributed by atoms with Gasteiger partial charge in [0.05, 0.1) is 6.04 Å². The summed E-state index contributed by atoms with van der Waals surface area (Å²) in [7, 11) is 0. The minimum absolute atomic E-state index is 0.456. The van der Waals surface area contributed by atoms with E-state index in [0.717, 1.165) is 19.5 Å². The molecular weight excluding hydrogens is 244 g/mol. The summed E-state index contributed by atoms with van der Waals surface area (Å²) < 4.78 is 0. The molecule has 4 rings (SSSR count). The fourth-order valence-electron chi connectivity index (χ4n) is 3.41. The van der Waals surface area contributed by atoms with Crippen LogP contribution in [0.2, 0.25) is 0 Å². The van der Waals surface area contributed by atoms with E-state index in [1.165, 1.54) is 40.8 Å². The van der Waals surface area contributed by atoms with Gasteiger partial charge < -0.3 is 10.6 Å². The number of hydrogen-bond donors (Lipinski definition) is 2. The minimum Gasteiger partial charge on any atom is -0.378 e. The molecule has 0 aliphatic carbocycles. The zero-order chi connectivity index (χ0) is 13.4. The molecule has 2 aromatic carbocycles. The molecule has 0 fully saturated rings. The van der Waals surface area contributed by atoms with E-state index in [0.29, 0.717) is 6.04 Å². The van der Waals surface area contributed by atoms with Gasteiger partial charge in [-0.3, -0.25) is 0 Å². The molecule has 2 N–H and O–H groups in total. The zero-order valence-electron chi connectivity index (χ0n) is 11.7. The fourth-order valence-corrected chi connectivity index (χ4v) is 3.41. The molecule has 2 heterocycles. The molecule has 0 amide bonds. The lowest BCUT2D eigenvalue weighted by atomic mass is 9.90. The predicted octanol–water partition coefficient (Wildman–Crippen LogP) is 3.43. The van der Waals surface area contributed by atoms with Crippen molar-refractivity contribution in [1.29, 1.82) is 0 Å². The lowest BCUT2D eigenvalue weighted by Crippen LogP contribution is -2.24. The Kier molecular flexibility index (Phi) is 2.96. The van der Waals surface area contributed by atoms with Crippen LogP contribution < -0.4 is 10.6 Å². The Labute approximate surface area is 120 Å². The van der Waals surface area contributed by atoms with Crippen molar-refractivity contribution < 1.29 is 0 Å². The van der Waals surface area contributed by atoms with Crippen molar-refractivity contribution in [3.8, 4) is 0 Å². The van der Waals surface area contributed by atoms with Gasteiger partial charge in [0.2, 0.25) is 0 Å². The molecule has 2 aliphatic heterocycles. The van der Waals surface area contributed by atoms with Gasteiger partial charge in [0.25, 0.3) is 0 Å². The molecule has 102 valence electrons. The molecule has 0 aromatic heterocycles. The average Bonchev–Trinajstić information content (AvgIpc) is 2.54. The van der Waals surface area contributed by atoms with Crippen LogP contribution in [0.15, 0.2) is 42.5 Å². The monoisotopic (exact) mass is 264 g/mol. The SMILES string of the molecule is c1ccc2c(c1)CCC(c1ccc3c(c1)CNCC3)N2. The van der Waals surface area contributed by atoms with E-state index in [9.17, 15) is 0 Å². The first kappa shape index (κ1) is 12.0. The molecule has 1 unspecified atom stereocenters. The van der Waals surface area contributed by atoms with Crippen LogP contribution in [0, 0.1) is 0 Å². The minimum atomic E-state index is 0.456. The van der Waals surface area contributed by atoms with Crippen molar-refractivity contribution in [2.24, 2.45) is 0 Å². The lowest BCUT2D eigenvalue weighted by Gasteiger charge is -2.28. The molecule has 0 bridgehead atoms. The number of fused-ring (bicyclic) bond motifs is 2. The Balaban J connectivity index is 1.63. The number of hydrogen-bond acceptors (Lipinski definition) is 2. The second kappa shape index (κ2) is 4.95. The van der Waals surface area contributed by atoms with Crippen LogP contribution in [0.3, 0.4) is 0 Å².